The maximum absolute atomic E-state index is 11.2. The number of fused-ring (bicyclic) bond motifs is 4. The summed E-state index contributed by atoms with van der Waals surface area (Å²) in [5, 5.41) is -3.13. The van der Waals surface area contributed by atoms with E-state index >= 15 is 0 Å². The van der Waals surface area contributed by atoms with Crippen LogP contribution in [0.15, 0.2) is 303 Å². The van der Waals surface area contributed by atoms with E-state index in [1.165, 1.54) is 22.8 Å². The van der Waals surface area contributed by atoms with Gasteiger partial charge in [0.1, 0.15) is 5.82 Å². The maximum atomic E-state index is 11.2. The van der Waals surface area contributed by atoms with Gasteiger partial charge in [-0.1, -0.05) is 268 Å². The fraction of sp³-hybridized carbons (Fsp3) is 0.0602. The van der Waals surface area contributed by atoms with E-state index in [2.05, 4.69) is 23.4 Å². The summed E-state index contributed by atoms with van der Waals surface area (Å²) in [6.45, 7) is 2.85. The quantitative estimate of drug-likeness (QED) is 0.0499. The standard InChI is InChI=1S/C83H62N4OSi.Pt/c1-58-49-81(84-56-76(58)60-29-12-6-13-30-60)87-77-44-21-20-43-72(77)73-48-47-67(55-80(73)87)88-66-35-26-34-65(54-66)85-57-86(79-46-23-22-45-78(79)85)82-74(61-31-24-33-64(50-61)83(2,3)4)52-63(59-27-10-5-11-28-59)53-75(82)62-32-25-42-71(51-62)89(68-36-14-7-15-37-68,69-38-16-8-17-39-69)70-40-18-9-19-41-70;/h5-53,56H,1-4H3;/q-2;/i1D3,5D,6D,7D,8D,9D,10D,11D,12D,13D,14D,15D,16D,17D,18D,19D,25D,27D,28D,29D,30D,32D,36D,37D,38D,39D,40D,41D,42D,51D;. The van der Waals surface area contributed by atoms with E-state index in [1.807, 2.05) is 32.9 Å². The zero-order chi connectivity index (χ0) is 87.8. The van der Waals surface area contributed by atoms with Crippen molar-refractivity contribution in [1.29, 1.82) is 0 Å². The number of aryl methyl sites for hydroxylation is 1. The second-order valence-electron chi connectivity index (χ2n) is 21.5. The first kappa shape index (κ1) is 31.8. The van der Waals surface area contributed by atoms with Gasteiger partial charge in [0.05, 0.1) is 56.5 Å². The molecule has 15 rings (SSSR count). The minimum absolute atomic E-state index is 0. The Hall–Kier alpha value is -10.2. The van der Waals surface area contributed by atoms with Crippen LogP contribution < -0.4 is 30.1 Å². The van der Waals surface area contributed by atoms with Crippen molar-refractivity contribution in [3.8, 4) is 73.2 Å². The Balaban J connectivity index is 0.0000121. The Kier molecular flexibility index (Phi) is 8.49. The van der Waals surface area contributed by atoms with Crippen molar-refractivity contribution in [2.24, 2.45) is 0 Å². The molecule has 0 spiro atoms. The second-order valence-corrected chi connectivity index (χ2v) is 25.0. The number of ether oxygens (including phenoxy) is 1. The average Bonchev–Trinajstić information content (AvgIpc) is 0.829. The molecule has 3 aromatic heterocycles. The molecule has 3 heterocycles. The molecule has 0 amide bonds. The van der Waals surface area contributed by atoms with Crippen LogP contribution >= 0.6 is 0 Å². The number of hydrogen-bond donors (Lipinski definition) is 0. The number of imidazole rings is 1. The number of hydrogen-bond acceptors (Lipinski definition) is 2. The molecular formula is C83H62N4OPtSi-2. The van der Waals surface area contributed by atoms with Crippen molar-refractivity contribution in [3.63, 3.8) is 0 Å². The van der Waals surface area contributed by atoms with Gasteiger partial charge in [0.25, 0.3) is 6.33 Å². The largest absolute Gasteiger partial charge is 0.510 e. The van der Waals surface area contributed by atoms with E-state index in [4.69, 9.17) is 23.9 Å². The molecule has 436 valence electrons. The number of para-hydroxylation sites is 3. The van der Waals surface area contributed by atoms with Crippen molar-refractivity contribution in [1.82, 2.24) is 14.1 Å². The summed E-state index contributed by atoms with van der Waals surface area (Å²) in [6.07, 6.45) is 4.59. The van der Waals surface area contributed by atoms with Crippen LogP contribution in [0.2, 0.25) is 0 Å². The molecule has 0 atom stereocenters. The SMILES string of the molecule is [2H]c1c([2H])c([2H])c(-c2cc(-c3cccc(C(C)(C)C)c3)c(-[n+]3[c-]n(-c4[c-]c(Oc5[c-]c6c(cc5)c5ccccc5n6-c5cc(C([2H])([2H])[2H])c(-c6c([2H])c([2H])c([2H])c([2H])c6[2H])cn5)ccc4)c4ccccc43)c(-c3c([2H])c([2H])c([2H])c([Si](c4c([2H])c([2H])c([2H])c([2H])c4[2H])(c4c([2H])c([2H])c([2H])c([2H])c4[2H])c4c([2H])c([2H])c([2H])c([2H])c4[2H])c3[2H])c2)c([2H])c1[2H].[Pt]. The third-order valence-corrected chi connectivity index (χ3v) is 19.3. The molecule has 0 bridgehead atoms. The van der Waals surface area contributed by atoms with Crippen LogP contribution in [0.25, 0.3) is 94.5 Å². The van der Waals surface area contributed by atoms with Crippen molar-refractivity contribution < 1.29 is 74.2 Å². The summed E-state index contributed by atoms with van der Waals surface area (Å²) in [5.41, 5.74) is -0.949. The summed E-state index contributed by atoms with van der Waals surface area (Å²) in [5.74, 6) is 0.184. The van der Waals surface area contributed by atoms with Crippen molar-refractivity contribution in [2.45, 2.75) is 33.0 Å². The molecule has 0 unspecified atom stereocenters. The smallest absolute Gasteiger partial charge is 0.268 e. The van der Waals surface area contributed by atoms with Gasteiger partial charge in [-0.15, -0.1) is 29.7 Å². The first-order chi connectivity index (χ1) is 56.9. The van der Waals surface area contributed by atoms with Gasteiger partial charge < -0.3 is 13.9 Å². The monoisotopic (exact) mass is 1390 g/mol. The predicted octanol–water partition coefficient (Wildman–Crippen LogP) is 17.2. The first-order valence-electron chi connectivity index (χ1n) is 43.8. The van der Waals surface area contributed by atoms with Crippen LogP contribution in [0.5, 0.6) is 11.5 Å². The Morgan fingerprint density at radius 3 is 1.77 bits per heavy atom. The Morgan fingerprint density at radius 1 is 0.500 bits per heavy atom. The fourth-order valence-corrected chi connectivity index (χ4v) is 14.7. The van der Waals surface area contributed by atoms with Gasteiger partial charge in [-0.3, -0.25) is 4.57 Å². The van der Waals surface area contributed by atoms with Gasteiger partial charge in [0.15, 0.2) is 8.07 Å². The van der Waals surface area contributed by atoms with Gasteiger partial charge in [-0.05, 0) is 118 Å². The predicted molar refractivity (Wildman–Crippen MR) is 369 cm³/mol. The van der Waals surface area contributed by atoms with E-state index in [9.17, 15) is 24.7 Å². The Morgan fingerprint density at radius 2 is 1.09 bits per heavy atom. The summed E-state index contributed by atoms with van der Waals surface area (Å²) in [6, 6.07) is 10.0. The summed E-state index contributed by atoms with van der Waals surface area (Å²) < 4.78 is 309. The number of rotatable bonds is 13. The summed E-state index contributed by atoms with van der Waals surface area (Å²) >= 11 is 0. The topological polar surface area (TPSA) is 35.9 Å². The number of aromatic nitrogens is 4. The molecule has 0 saturated carbocycles. The van der Waals surface area contributed by atoms with E-state index in [-0.39, 0.29) is 83.1 Å². The van der Waals surface area contributed by atoms with Gasteiger partial charge >= 0.3 is 0 Å². The maximum Gasteiger partial charge on any atom is 0.268 e. The molecule has 90 heavy (non-hydrogen) atoms. The third kappa shape index (κ3) is 10.4. The average molecular weight is 1390 g/mol. The summed E-state index contributed by atoms with van der Waals surface area (Å²) in [4.78, 5) is 4.69. The molecule has 0 aliphatic carbocycles. The van der Waals surface area contributed by atoms with Gasteiger partial charge in [-0.25, -0.2) is 4.98 Å². The van der Waals surface area contributed by atoms with Gasteiger partial charge in [-0.2, -0.15) is 18.2 Å². The summed E-state index contributed by atoms with van der Waals surface area (Å²) in [7, 11) is -6.53. The van der Waals surface area contributed by atoms with Crippen LogP contribution in [0.3, 0.4) is 0 Å². The molecule has 15 aromatic rings. The molecule has 5 nitrogen and oxygen atoms in total. The van der Waals surface area contributed by atoms with Crippen LogP contribution in [0, 0.1) is 25.3 Å². The van der Waals surface area contributed by atoms with E-state index in [1.54, 1.807) is 100 Å². The van der Waals surface area contributed by atoms with Crippen LogP contribution in [0.1, 0.15) is 75.8 Å². The number of pyridine rings is 1. The minimum atomic E-state index is -6.53. The molecule has 0 fully saturated rings. The third-order valence-electron chi connectivity index (χ3n) is 15.3. The van der Waals surface area contributed by atoms with Gasteiger partial charge in [0.2, 0.25) is 0 Å². The van der Waals surface area contributed by atoms with Crippen LogP contribution in [-0.4, -0.2) is 22.2 Å². The molecular weight excluding hydrogens is 1290 g/mol. The van der Waals surface area contributed by atoms with Crippen molar-refractivity contribution in [2.75, 3.05) is 0 Å². The molecule has 12 aromatic carbocycles. The number of nitrogens with zero attached hydrogens (tertiary/aromatic N) is 4. The van der Waals surface area contributed by atoms with Crippen molar-refractivity contribution in [3.05, 3.63) is 332 Å². The molecule has 0 aliphatic rings. The zero-order valence-electron chi connectivity index (χ0n) is 79.6. The zero-order valence-corrected chi connectivity index (χ0v) is 50.9. The van der Waals surface area contributed by atoms with Gasteiger partial charge in [0, 0.05) is 54.0 Å². The van der Waals surface area contributed by atoms with Crippen LogP contribution in [0.4, 0.5) is 0 Å². The molecule has 0 N–H and O–H groups in total. The van der Waals surface area contributed by atoms with Crippen LogP contribution in [-0.2, 0) is 26.5 Å². The minimum Gasteiger partial charge on any atom is -0.510 e. The first-order valence-corrected chi connectivity index (χ1v) is 29.8. The van der Waals surface area contributed by atoms with E-state index < -0.39 is 233 Å². The normalized spacial score (nSPS) is 16.8. The second kappa shape index (κ2) is 24.0. The Bertz CT molecular complexity index is 6750. The molecule has 0 aliphatic heterocycles. The van der Waals surface area contributed by atoms with E-state index in [0.717, 1.165) is 6.20 Å². The van der Waals surface area contributed by atoms with Crippen molar-refractivity contribution >= 4 is 61.7 Å². The fourth-order valence-electron chi connectivity index (χ4n) is 11.2. The molecule has 0 radical (unpaired) electrons. The van der Waals surface area contributed by atoms with E-state index in [0.29, 0.717) is 38.4 Å². The number of benzene rings is 12. The molecule has 7 heteroatoms. The Labute approximate surface area is 586 Å². The molecule has 0 saturated heterocycles.